The molecule has 176 valence electrons. The number of aliphatic imine (C=N–C) groups is 1. The minimum absolute atomic E-state index is 0.0389. The van der Waals surface area contributed by atoms with E-state index in [0.717, 1.165) is 25.0 Å². The molecule has 0 amide bonds. The van der Waals surface area contributed by atoms with Crippen LogP contribution in [-0.2, 0) is 11.8 Å². The zero-order chi connectivity index (χ0) is 23.8. The minimum atomic E-state index is -4.51. The zero-order valence-corrected chi connectivity index (χ0v) is 19.9. The molecular formula is C22H25BrF3N7. The lowest BCUT2D eigenvalue weighted by molar-refractivity contribution is -0.138. The van der Waals surface area contributed by atoms with Crippen molar-refractivity contribution in [1.29, 1.82) is 0 Å². The average Bonchev–Trinajstić information content (AvgIpc) is 2.79. The number of pyridine rings is 1. The van der Waals surface area contributed by atoms with Gasteiger partial charge in [0, 0.05) is 57.0 Å². The fourth-order valence-electron chi connectivity index (χ4n) is 3.81. The SMILES string of the molecule is CN(C)C1=CC(N)(c2ccc(Br)c(C(F)(F)F)c2)N=C(N2CCN(c3ccccn3)CC2)N1. The van der Waals surface area contributed by atoms with E-state index in [2.05, 4.69) is 41.0 Å². The summed E-state index contributed by atoms with van der Waals surface area (Å²) in [4.78, 5) is 15.1. The number of hydrogen-bond donors (Lipinski definition) is 2. The number of alkyl halides is 3. The quantitative estimate of drug-likeness (QED) is 0.643. The normalized spacial score (nSPS) is 21.3. The van der Waals surface area contributed by atoms with E-state index in [1.165, 1.54) is 6.07 Å². The molecule has 1 saturated heterocycles. The molecule has 2 aliphatic heterocycles. The van der Waals surface area contributed by atoms with Crippen LogP contribution in [0.2, 0.25) is 0 Å². The van der Waals surface area contributed by atoms with E-state index >= 15 is 0 Å². The minimum Gasteiger partial charge on any atom is -0.364 e. The van der Waals surface area contributed by atoms with Crippen molar-refractivity contribution in [3.05, 3.63) is 70.1 Å². The molecule has 0 bridgehead atoms. The third-order valence-corrected chi connectivity index (χ3v) is 6.35. The summed E-state index contributed by atoms with van der Waals surface area (Å²) < 4.78 is 40.5. The van der Waals surface area contributed by atoms with E-state index in [1.54, 1.807) is 18.3 Å². The summed E-state index contributed by atoms with van der Waals surface area (Å²) in [6, 6.07) is 9.77. The largest absolute Gasteiger partial charge is 0.417 e. The van der Waals surface area contributed by atoms with Crippen LogP contribution in [-0.4, -0.2) is 61.0 Å². The molecule has 1 atom stereocenters. The van der Waals surface area contributed by atoms with E-state index < -0.39 is 17.4 Å². The van der Waals surface area contributed by atoms with Gasteiger partial charge in [0.2, 0.25) is 5.96 Å². The molecule has 7 nitrogen and oxygen atoms in total. The molecule has 2 aliphatic rings. The van der Waals surface area contributed by atoms with E-state index in [4.69, 9.17) is 5.73 Å². The van der Waals surface area contributed by atoms with Gasteiger partial charge < -0.3 is 20.0 Å². The summed E-state index contributed by atoms with van der Waals surface area (Å²) in [6.07, 6.45) is -1.11. The molecule has 2 aromatic rings. The first-order chi connectivity index (χ1) is 15.6. The van der Waals surface area contributed by atoms with Crippen LogP contribution in [0.5, 0.6) is 0 Å². The van der Waals surface area contributed by atoms with Crippen LogP contribution < -0.4 is 16.0 Å². The highest BCUT2D eigenvalue weighted by atomic mass is 79.9. The van der Waals surface area contributed by atoms with Crippen LogP contribution in [0.25, 0.3) is 0 Å². The predicted octanol–water partition coefficient (Wildman–Crippen LogP) is 3.16. The van der Waals surface area contributed by atoms with Gasteiger partial charge in [-0.15, -0.1) is 0 Å². The van der Waals surface area contributed by atoms with Gasteiger partial charge in [0.05, 0.1) is 5.56 Å². The van der Waals surface area contributed by atoms with Gasteiger partial charge in [0.1, 0.15) is 11.6 Å². The van der Waals surface area contributed by atoms with Crippen molar-refractivity contribution in [3.63, 3.8) is 0 Å². The van der Waals surface area contributed by atoms with Crippen molar-refractivity contribution in [2.24, 2.45) is 10.7 Å². The van der Waals surface area contributed by atoms with Crippen LogP contribution in [0.15, 0.2) is 64.0 Å². The van der Waals surface area contributed by atoms with Crippen molar-refractivity contribution < 1.29 is 13.2 Å². The van der Waals surface area contributed by atoms with E-state index in [0.29, 0.717) is 24.9 Å². The highest BCUT2D eigenvalue weighted by Gasteiger charge is 2.37. The third kappa shape index (κ3) is 4.93. The number of nitrogens with one attached hydrogen (secondary N) is 1. The number of aromatic nitrogens is 1. The van der Waals surface area contributed by atoms with Crippen LogP contribution in [0.1, 0.15) is 11.1 Å². The molecule has 3 heterocycles. The highest BCUT2D eigenvalue weighted by Crippen LogP contribution is 2.38. The molecular weight excluding hydrogens is 499 g/mol. The average molecular weight is 524 g/mol. The molecule has 4 rings (SSSR count). The van der Waals surface area contributed by atoms with E-state index in [-0.39, 0.29) is 10.0 Å². The Morgan fingerprint density at radius 1 is 1.09 bits per heavy atom. The van der Waals surface area contributed by atoms with Crippen molar-refractivity contribution in [1.82, 2.24) is 20.1 Å². The fourth-order valence-corrected chi connectivity index (χ4v) is 4.28. The molecule has 0 spiro atoms. The molecule has 33 heavy (non-hydrogen) atoms. The summed E-state index contributed by atoms with van der Waals surface area (Å²) in [5, 5.41) is 3.28. The summed E-state index contributed by atoms with van der Waals surface area (Å²) in [5.41, 5.74) is 4.63. The lowest BCUT2D eigenvalue weighted by Crippen LogP contribution is -2.56. The Balaban J connectivity index is 1.63. The first-order valence-corrected chi connectivity index (χ1v) is 11.2. The second-order valence-electron chi connectivity index (χ2n) is 8.16. The number of nitrogens with two attached hydrogens (primary N) is 1. The van der Waals surface area contributed by atoms with Crippen LogP contribution in [0.3, 0.4) is 0 Å². The fraction of sp³-hybridized carbons (Fsp3) is 0.364. The van der Waals surface area contributed by atoms with Crippen molar-refractivity contribution >= 4 is 27.7 Å². The number of benzene rings is 1. The molecule has 1 aromatic heterocycles. The standard InChI is InChI=1S/C22H25BrF3N7/c1-31(2)19-14-21(27,15-6-7-17(23)16(13-15)22(24,25)26)30-20(29-19)33-11-9-32(10-12-33)18-5-3-4-8-28-18/h3-8,13-14H,9-12,27H2,1-2H3,(H,29,30). The predicted molar refractivity (Wildman–Crippen MR) is 125 cm³/mol. The second-order valence-corrected chi connectivity index (χ2v) is 9.02. The number of halogens is 4. The van der Waals surface area contributed by atoms with Gasteiger partial charge >= 0.3 is 6.18 Å². The van der Waals surface area contributed by atoms with Gasteiger partial charge in [-0.3, -0.25) is 5.73 Å². The molecule has 0 aliphatic carbocycles. The molecule has 1 aromatic carbocycles. The maximum absolute atomic E-state index is 13.5. The maximum Gasteiger partial charge on any atom is 0.417 e. The Morgan fingerprint density at radius 2 is 1.79 bits per heavy atom. The lowest BCUT2D eigenvalue weighted by Gasteiger charge is -2.41. The Labute approximate surface area is 198 Å². The monoisotopic (exact) mass is 523 g/mol. The zero-order valence-electron chi connectivity index (χ0n) is 18.3. The Bertz CT molecular complexity index is 1060. The summed E-state index contributed by atoms with van der Waals surface area (Å²) in [5.74, 6) is 2.10. The Morgan fingerprint density at radius 3 is 2.39 bits per heavy atom. The summed E-state index contributed by atoms with van der Waals surface area (Å²) >= 11 is 2.99. The molecule has 1 fully saturated rings. The van der Waals surface area contributed by atoms with Crippen LogP contribution >= 0.6 is 15.9 Å². The van der Waals surface area contributed by atoms with E-state index in [9.17, 15) is 13.2 Å². The number of rotatable bonds is 3. The first-order valence-electron chi connectivity index (χ1n) is 10.4. The molecule has 0 saturated carbocycles. The molecule has 3 N–H and O–H groups in total. The van der Waals surface area contributed by atoms with Gasteiger partial charge in [0.25, 0.3) is 0 Å². The number of guanidine groups is 1. The van der Waals surface area contributed by atoms with Gasteiger partial charge in [0.15, 0.2) is 5.66 Å². The van der Waals surface area contributed by atoms with Crippen molar-refractivity contribution in [2.45, 2.75) is 11.8 Å². The highest BCUT2D eigenvalue weighted by molar-refractivity contribution is 9.10. The number of nitrogens with zero attached hydrogens (tertiary/aromatic N) is 5. The topological polar surface area (TPSA) is 73.0 Å². The van der Waals surface area contributed by atoms with Crippen LogP contribution in [0, 0.1) is 0 Å². The number of piperazine rings is 1. The number of hydrogen-bond acceptors (Lipinski definition) is 7. The summed E-state index contributed by atoms with van der Waals surface area (Å²) in [7, 11) is 3.67. The van der Waals surface area contributed by atoms with Gasteiger partial charge in [-0.1, -0.05) is 28.1 Å². The third-order valence-electron chi connectivity index (χ3n) is 5.66. The number of anilines is 1. The maximum atomic E-state index is 13.5. The Kier molecular flexibility index (Phi) is 6.28. The Hall–Kier alpha value is -2.79. The molecule has 1 unspecified atom stereocenters. The van der Waals surface area contributed by atoms with E-state index in [1.807, 2.05) is 37.2 Å². The van der Waals surface area contributed by atoms with Gasteiger partial charge in [-0.25, -0.2) is 9.98 Å². The van der Waals surface area contributed by atoms with Gasteiger partial charge in [-0.05, 0) is 29.8 Å². The lowest BCUT2D eigenvalue weighted by atomic mass is 9.97. The summed E-state index contributed by atoms with van der Waals surface area (Å²) in [6.45, 7) is 2.78. The molecule has 11 heteroatoms. The van der Waals surface area contributed by atoms with Crippen molar-refractivity contribution in [3.8, 4) is 0 Å². The molecule has 0 radical (unpaired) electrons. The smallest absolute Gasteiger partial charge is 0.364 e. The van der Waals surface area contributed by atoms with Crippen LogP contribution in [0.4, 0.5) is 19.0 Å². The van der Waals surface area contributed by atoms with Gasteiger partial charge in [-0.2, -0.15) is 13.2 Å². The first kappa shape index (κ1) is 23.4. The second kappa shape index (κ2) is 8.86. The van der Waals surface area contributed by atoms with Crippen molar-refractivity contribution in [2.75, 3.05) is 45.2 Å².